The van der Waals surface area contributed by atoms with Crippen molar-refractivity contribution in [3.8, 4) is 0 Å². The Morgan fingerprint density at radius 1 is 0.955 bits per heavy atom. The Balaban J connectivity index is 1.88. The molecule has 1 amide bonds. The average Bonchev–Trinajstić information content (AvgIpc) is 2.46. The molecule has 0 saturated heterocycles. The average molecular weight is 311 g/mol. The van der Waals surface area contributed by atoms with Crippen molar-refractivity contribution in [2.45, 2.75) is 19.0 Å². The van der Waals surface area contributed by atoms with E-state index in [9.17, 15) is 22.4 Å². The number of anilines is 1. The molecule has 2 aromatic rings. The standard InChI is InChI=1S/C16H13F4NO/c17-13-6-1-11(2-7-13)3-10-15(22)21-14-8-4-12(5-9-14)16(18,19)20/h1-2,4-9H,3,10H2,(H,21,22). The van der Waals surface area contributed by atoms with Gasteiger partial charge in [0.05, 0.1) is 5.56 Å². The van der Waals surface area contributed by atoms with Crippen LogP contribution >= 0.6 is 0 Å². The number of carbonyl (C=O) groups excluding carboxylic acids is 1. The van der Waals surface area contributed by atoms with E-state index in [-0.39, 0.29) is 18.1 Å². The van der Waals surface area contributed by atoms with Crippen molar-refractivity contribution >= 4 is 11.6 Å². The number of hydrogen-bond acceptors (Lipinski definition) is 1. The van der Waals surface area contributed by atoms with Crippen LogP contribution in [0, 0.1) is 5.82 Å². The molecule has 6 heteroatoms. The number of carbonyl (C=O) groups is 1. The van der Waals surface area contributed by atoms with Crippen molar-refractivity contribution in [3.63, 3.8) is 0 Å². The molecule has 1 N–H and O–H groups in total. The molecule has 0 fully saturated rings. The molecule has 0 aliphatic carbocycles. The Kier molecular flexibility index (Phi) is 4.80. The highest BCUT2D eigenvalue weighted by Crippen LogP contribution is 2.29. The maximum absolute atomic E-state index is 12.7. The summed E-state index contributed by atoms with van der Waals surface area (Å²) in [4.78, 5) is 11.7. The van der Waals surface area contributed by atoms with Gasteiger partial charge in [0.15, 0.2) is 0 Å². The number of rotatable bonds is 4. The van der Waals surface area contributed by atoms with Gasteiger partial charge in [0.25, 0.3) is 0 Å². The molecule has 2 rings (SSSR count). The van der Waals surface area contributed by atoms with Crippen LogP contribution in [0.3, 0.4) is 0 Å². The molecule has 2 nitrogen and oxygen atoms in total. The number of alkyl halides is 3. The van der Waals surface area contributed by atoms with Gasteiger partial charge >= 0.3 is 6.18 Å². The van der Waals surface area contributed by atoms with Gasteiger partial charge in [-0.25, -0.2) is 4.39 Å². The van der Waals surface area contributed by atoms with Crippen molar-refractivity contribution < 1.29 is 22.4 Å². The van der Waals surface area contributed by atoms with Crippen LogP contribution in [0.15, 0.2) is 48.5 Å². The topological polar surface area (TPSA) is 29.1 Å². The predicted molar refractivity (Wildman–Crippen MR) is 74.8 cm³/mol. The molecule has 2 aromatic carbocycles. The summed E-state index contributed by atoms with van der Waals surface area (Å²) in [6.07, 6.45) is -3.81. The molecule has 0 aliphatic heterocycles. The maximum atomic E-state index is 12.7. The largest absolute Gasteiger partial charge is 0.416 e. The number of benzene rings is 2. The molecule has 0 saturated carbocycles. The van der Waals surface area contributed by atoms with E-state index in [0.717, 1.165) is 17.7 Å². The van der Waals surface area contributed by atoms with Gasteiger partial charge in [-0.2, -0.15) is 13.2 Å². The number of halogens is 4. The van der Waals surface area contributed by atoms with Crippen molar-refractivity contribution in [2.24, 2.45) is 0 Å². The molecule has 0 aromatic heterocycles. The van der Waals surface area contributed by atoms with Crippen LogP contribution in [0.1, 0.15) is 17.5 Å². The molecule has 0 atom stereocenters. The first kappa shape index (κ1) is 16.0. The summed E-state index contributed by atoms with van der Waals surface area (Å²) in [7, 11) is 0. The van der Waals surface area contributed by atoms with E-state index >= 15 is 0 Å². The van der Waals surface area contributed by atoms with Gasteiger partial charge in [0, 0.05) is 12.1 Å². The van der Waals surface area contributed by atoms with E-state index < -0.39 is 11.7 Å². The summed E-state index contributed by atoms with van der Waals surface area (Å²) in [5, 5.41) is 2.52. The Labute approximate surface area is 124 Å². The number of hydrogen-bond donors (Lipinski definition) is 1. The lowest BCUT2D eigenvalue weighted by Gasteiger charge is -2.09. The summed E-state index contributed by atoms with van der Waals surface area (Å²) in [6, 6.07) is 10.0. The fourth-order valence-corrected chi connectivity index (χ4v) is 1.87. The monoisotopic (exact) mass is 311 g/mol. The quantitative estimate of drug-likeness (QED) is 0.832. The fourth-order valence-electron chi connectivity index (χ4n) is 1.87. The highest BCUT2D eigenvalue weighted by Gasteiger charge is 2.29. The summed E-state index contributed by atoms with van der Waals surface area (Å²) in [5.41, 5.74) is 0.345. The Hall–Kier alpha value is -2.37. The SMILES string of the molecule is O=C(CCc1ccc(F)cc1)Nc1ccc(C(F)(F)F)cc1. The number of aryl methyl sites for hydroxylation is 1. The minimum Gasteiger partial charge on any atom is -0.326 e. The molecule has 0 spiro atoms. The zero-order valence-corrected chi connectivity index (χ0v) is 11.5. The van der Waals surface area contributed by atoms with Crippen LogP contribution in [0.25, 0.3) is 0 Å². The lowest BCUT2D eigenvalue weighted by Crippen LogP contribution is -2.12. The van der Waals surface area contributed by atoms with Gasteiger partial charge in [0.2, 0.25) is 5.91 Å². The first-order valence-corrected chi connectivity index (χ1v) is 6.56. The Morgan fingerprint density at radius 2 is 1.55 bits per heavy atom. The molecule has 0 unspecified atom stereocenters. The lowest BCUT2D eigenvalue weighted by molar-refractivity contribution is -0.137. The van der Waals surface area contributed by atoms with Gasteiger partial charge in [-0.05, 0) is 48.4 Å². The van der Waals surface area contributed by atoms with Crippen LogP contribution in [0.4, 0.5) is 23.2 Å². The van der Waals surface area contributed by atoms with Gasteiger partial charge in [0.1, 0.15) is 5.82 Å². The maximum Gasteiger partial charge on any atom is 0.416 e. The van der Waals surface area contributed by atoms with Crippen LogP contribution in [0.5, 0.6) is 0 Å². The zero-order chi connectivity index (χ0) is 16.2. The normalized spacial score (nSPS) is 11.3. The second kappa shape index (κ2) is 6.60. The molecule has 0 aliphatic rings. The van der Waals surface area contributed by atoms with Gasteiger partial charge in [-0.1, -0.05) is 12.1 Å². The second-order valence-electron chi connectivity index (χ2n) is 4.75. The third kappa shape index (κ3) is 4.58. The van der Waals surface area contributed by atoms with Crippen LogP contribution in [0.2, 0.25) is 0 Å². The van der Waals surface area contributed by atoms with E-state index in [0.29, 0.717) is 12.1 Å². The minimum atomic E-state index is -4.40. The fraction of sp³-hybridized carbons (Fsp3) is 0.188. The second-order valence-corrected chi connectivity index (χ2v) is 4.75. The molecular weight excluding hydrogens is 298 g/mol. The smallest absolute Gasteiger partial charge is 0.326 e. The molecule has 0 heterocycles. The van der Waals surface area contributed by atoms with Crippen molar-refractivity contribution in [2.75, 3.05) is 5.32 Å². The Morgan fingerprint density at radius 3 is 2.09 bits per heavy atom. The summed E-state index contributed by atoms with van der Waals surface area (Å²) in [5.74, 6) is -0.665. The molecular formula is C16H13F4NO. The zero-order valence-electron chi connectivity index (χ0n) is 11.5. The van der Waals surface area contributed by atoms with Gasteiger partial charge < -0.3 is 5.32 Å². The van der Waals surface area contributed by atoms with Crippen LogP contribution in [-0.2, 0) is 17.4 Å². The molecule has 0 bridgehead atoms. The summed E-state index contributed by atoms with van der Waals surface area (Å²) in [6.45, 7) is 0. The molecule has 22 heavy (non-hydrogen) atoms. The van der Waals surface area contributed by atoms with E-state index in [1.54, 1.807) is 12.1 Å². The third-order valence-electron chi connectivity index (χ3n) is 3.05. The third-order valence-corrected chi connectivity index (χ3v) is 3.05. The minimum absolute atomic E-state index is 0.159. The van der Waals surface area contributed by atoms with E-state index in [2.05, 4.69) is 5.32 Å². The van der Waals surface area contributed by atoms with Crippen molar-refractivity contribution in [3.05, 3.63) is 65.5 Å². The first-order chi connectivity index (χ1) is 10.3. The van der Waals surface area contributed by atoms with E-state index in [1.165, 1.54) is 24.3 Å². The lowest BCUT2D eigenvalue weighted by atomic mass is 10.1. The predicted octanol–water partition coefficient (Wildman–Crippen LogP) is 4.42. The van der Waals surface area contributed by atoms with Gasteiger partial charge in [-0.3, -0.25) is 4.79 Å². The van der Waals surface area contributed by atoms with E-state index in [1.807, 2.05) is 0 Å². The summed E-state index contributed by atoms with van der Waals surface area (Å²) >= 11 is 0. The molecule has 116 valence electrons. The van der Waals surface area contributed by atoms with Gasteiger partial charge in [-0.15, -0.1) is 0 Å². The highest BCUT2D eigenvalue weighted by atomic mass is 19.4. The highest BCUT2D eigenvalue weighted by molar-refractivity contribution is 5.90. The van der Waals surface area contributed by atoms with Crippen molar-refractivity contribution in [1.82, 2.24) is 0 Å². The van der Waals surface area contributed by atoms with E-state index in [4.69, 9.17) is 0 Å². The van der Waals surface area contributed by atoms with Crippen molar-refractivity contribution in [1.29, 1.82) is 0 Å². The first-order valence-electron chi connectivity index (χ1n) is 6.56. The Bertz CT molecular complexity index is 633. The van der Waals surface area contributed by atoms with Crippen LogP contribution in [-0.4, -0.2) is 5.91 Å². The van der Waals surface area contributed by atoms with Crippen LogP contribution < -0.4 is 5.32 Å². The molecule has 0 radical (unpaired) electrons. The number of nitrogens with one attached hydrogen (secondary N) is 1. The number of amides is 1. The summed E-state index contributed by atoms with van der Waals surface area (Å²) < 4.78 is 49.9.